The van der Waals surface area contributed by atoms with Crippen LogP contribution >= 0.6 is 0 Å². The summed E-state index contributed by atoms with van der Waals surface area (Å²) in [6.07, 6.45) is 3.78. The van der Waals surface area contributed by atoms with Gasteiger partial charge >= 0.3 is 12.0 Å². The molecule has 0 radical (unpaired) electrons. The van der Waals surface area contributed by atoms with Crippen LogP contribution in [0.1, 0.15) is 39.5 Å². The molecule has 2 N–H and O–H groups in total. The Kier molecular flexibility index (Phi) is 3.50. The van der Waals surface area contributed by atoms with E-state index in [1.54, 1.807) is 11.8 Å². The van der Waals surface area contributed by atoms with Crippen molar-refractivity contribution in [1.29, 1.82) is 0 Å². The number of carboxylic acid groups (broad SMARTS) is 1. The Hall–Kier alpha value is -1.26. The Labute approximate surface area is 108 Å². The third kappa shape index (κ3) is 2.76. The minimum Gasteiger partial charge on any atom is -0.481 e. The van der Waals surface area contributed by atoms with Crippen molar-refractivity contribution in [2.45, 2.75) is 45.6 Å². The van der Waals surface area contributed by atoms with Crippen LogP contribution in [0.15, 0.2) is 0 Å². The van der Waals surface area contributed by atoms with Crippen molar-refractivity contribution in [3.8, 4) is 0 Å². The first-order chi connectivity index (χ1) is 8.42. The Morgan fingerprint density at radius 1 is 1.44 bits per heavy atom. The minimum absolute atomic E-state index is 0.110. The molecule has 1 aliphatic carbocycles. The zero-order valence-corrected chi connectivity index (χ0v) is 11.1. The lowest BCUT2D eigenvalue weighted by Crippen LogP contribution is -2.53. The Balaban J connectivity index is 1.91. The van der Waals surface area contributed by atoms with Gasteiger partial charge in [0.05, 0.1) is 5.41 Å². The van der Waals surface area contributed by atoms with Crippen molar-refractivity contribution in [1.82, 2.24) is 10.2 Å². The molecule has 2 aliphatic rings. The molecule has 2 rings (SSSR count). The zero-order valence-electron chi connectivity index (χ0n) is 11.1. The van der Waals surface area contributed by atoms with Gasteiger partial charge in [-0.25, -0.2) is 4.79 Å². The first-order valence-electron chi connectivity index (χ1n) is 6.71. The number of likely N-dealkylation sites (tertiary alicyclic amines) is 1. The molecule has 5 nitrogen and oxygen atoms in total. The van der Waals surface area contributed by atoms with E-state index in [9.17, 15) is 14.7 Å². The number of carbonyl (C=O) groups is 2. The van der Waals surface area contributed by atoms with Crippen LogP contribution in [0.3, 0.4) is 0 Å². The number of nitrogens with one attached hydrogen (secondary N) is 1. The smallest absolute Gasteiger partial charge is 0.317 e. The van der Waals surface area contributed by atoms with Crippen molar-refractivity contribution >= 4 is 12.0 Å². The van der Waals surface area contributed by atoms with E-state index < -0.39 is 11.4 Å². The molecule has 0 spiro atoms. The van der Waals surface area contributed by atoms with Crippen molar-refractivity contribution in [2.75, 3.05) is 13.1 Å². The number of rotatable bonds is 3. The Morgan fingerprint density at radius 3 is 2.67 bits per heavy atom. The highest BCUT2D eigenvalue weighted by Gasteiger charge is 2.40. The lowest BCUT2D eigenvalue weighted by atomic mass is 9.82. The normalized spacial score (nSPS) is 29.8. The van der Waals surface area contributed by atoms with Gasteiger partial charge < -0.3 is 15.3 Å². The highest BCUT2D eigenvalue weighted by atomic mass is 16.4. The molecule has 2 unspecified atom stereocenters. The summed E-state index contributed by atoms with van der Waals surface area (Å²) in [4.78, 5) is 24.9. The number of hydrogen-bond acceptors (Lipinski definition) is 2. The van der Waals surface area contributed by atoms with Crippen LogP contribution in [-0.2, 0) is 4.79 Å². The van der Waals surface area contributed by atoms with Crippen molar-refractivity contribution in [3.05, 3.63) is 0 Å². The van der Waals surface area contributed by atoms with Crippen LogP contribution in [0.4, 0.5) is 4.79 Å². The maximum atomic E-state index is 12.1. The number of urea groups is 1. The average Bonchev–Trinajstić information content (AvgIpc) is 3.12. The number of carbonyl (C=O) groups excluding carboxylic acids is 1. The first-order valence-corrected chi connectivity index (χ1v) is 6.71. The molecule has 1 heterocycles. The third-order valence-corrected chi connectivity index (χ3v) is 4.18. The predicted molar refractivity (Wildman–Crippen MR) is 67.3 cm³/mol. The highest BCUT2D eigenvalue weighted by Crippen LogP contribution is 2.33. The number of nitrogens with zero attached hydrogens (tertiary/aromatic N) is 1. The van der Waals surface area contributed by atoms with Crippen LogP contribution < -0.4 is 5.32 Å². The highest BCUT2D eigenvalue weighted by molar-refractivity contribution is 5.78. The fourth-order valence-electron chi connectivity index (χ4n) is 2.59. The predicted octanol–water partition coefficient (Wildman–Crippen LogP) is 1.68. The molecule has 0 aromatic heterocycles. The molecule has 5 heteroatoms. The van der Waals surface area contributed by atoms with Gasteiger partial charge in [-0.2, -0.15) is 0 Å². The summed E-state index contributed by atoms with van der Waals surface area (Å²) in [6, 6.07) is 0.0945. The van der Waals surface area contributed by atoms with Crippen LogP contribution in [0, 0.1) is 11.3 Å². The third-order valence-electron chi connectivity index (χ3n) is 4.18. The monoisotopic (exact) mass is 254 g/mol. The second kappa shape index (κ2) is 4.78. The molecule has 0 aromatic rings. The molecule has 1 saturated heterocycles. The maximum Gasteiger partial charge on any atom is 0.317 e. The first kappa shape index (κ1) is 13.2. The van der Waals surface area contributed by atoms with Gasteiger partial charge in [0.1, 0.15) is 0 Å². The van der Waals surface area contributed by atoms with Crippen LogP contribution in [-0.4, -0.2) is 41.1 Å². The topological polar surface area (TPSA) is 69.6 Å². The SMILES string of the molecule is CC(NC(=O)N1CCCC(C)(C(=O)O)C1)C1CC1. The van der Waals surface area contributed by atoms with Crippen LogP contribution in [0.2, 0.25) is 0 Å². The van der Waals surface area contributed by atoms with E-state index >= 15 is 0 Å². The lowest BCUT2D eigenvalue weighted by Gasteiger charge is -2.37. The van der Waals surface area contributed by atoms with E-state index in [2.05, 4.69) is 5.32 Å². The summed E-state index contributed by atoms with van der Waals surface area (Å²) in [5.41, 5.74) is -0.793. The largest absolute Gasteiger partial charge is 0.481 e. The summed E-state index contributed by atoms with van der Waals surface area (Å²) in [6.45, 7) is 4.71. The molecular formula is C13H22N2O3. The van der Waals surface area contributed by atoms with Crippen molar-refractivity contribution < 1.29 is 14.7 Å². The standard InChI is InChI=1S/C13H22N2O3/c1-9(10-4-5-10)14-12(18)15-7-3-6-13(2,8-15)11(16)17/h9-10H,3-8H2,1-2H3,(H,14,18)(H,16,17). The van der Waals surface area contributed by atoms with Crippen molar-refractivity contribution in [3.63, 3.8) is 0 Å². The second-order valence-corrected chi connectivity index (χ2v) is 5.97. The molecule has 0 bridgehead atoms. The fraction of sp³-hybridized carbons (Fsp3) is 0.846. The summed E-state index contributed by atoms with van der Waals surface area (Å²) in [5.74, 6) is -0.195. The Morgan fingerprint density at radius 2 is 2.11 bits per heavy atom. The lowest BCUT2D eigenvalue weighted by molar-refractivity contribution is -0.150. The van der Waals surface area contributed by atoms with Gasteiger partial charge in [-0.05, 0) is 45.4 Å². The summed E-state index contributed by atoms with van der Waals surface area (Å²) >= 11 is 0. The zero-order chi connectivity index (χ0) is 13.3. The molecule has 2 fully saturated rings. The average molecular weight is 254 g/mol. The van der Waals surface area contributed by atoms with Gasteiger partial charge in [0, 0.05) is 19.1 Å². The molecular weight excluding hydrogens is 232 g/mol. The van der Waals surface area contributed by atoms with Gasteiger partial charge in [-0.15, -0.1) is 0 Å². The van der Waals surface area contributed by atoms with E-state index in [0.29, 0.717) is 25.4 Å². The van der Waals surface area contributed by atoms with Crippen LogP contribution in [0.25, 0.3) is 0 Å². The van der Waals surface area contributed by atoms with E-state index in [1.165, 1.54) is 12.8 Å². The summed E-state index contributed by atoms with van der Waals surface area (Å²) < 4.78 is 0. The Bertz CT molecular complexity index is 354. The van der Waals surface area contributed by atoms with E-state index in [0.717, 1.165) is 6.42 Å². The molecule has 2 amide bonds. The maximum absolute atomic E-state index is 12.1. The van der Waals surface area contributed by atoms with Crippen LogP contribution in [0.5, 0.6) is 0 Å². The molecule has 18 heavy (non-hydrogen) atoms. The molecule has 1 saturated carbocycles. The summed E-state index contributed by atoms with van der Waals surface area (Å²) in [7, 11) is 0. The van der Waals surface area contributed by atoms with Gasteiger partial charge in [0.2, 0.25) is 0 Å². The van der Waals surface area contributed by atoms with Gasteiger partial charge in [-0.3, -0.25) is 4.79 Å². The number of aliphatic carboxylic acids is 1. The van der Waals surface area contributed by atoms with E-state index in [1.807, 2.05) is 6.92 Å². The number of piperidine rings is 1. The quantitative estimate of drug-likeness (QED) is 0.805. The summed E-state index contributed by atoms with van der Waals surface area (Å²) in [5, 5.41) is 12.2. The van der Waals surface area contributed by atoms with E-state index in [-0.39, 0.29) is 12.1 Å². The fourth-order valence-corrected chi connectivity index (χ4v) is 2.59. The molecule has 0 aromatic carbocycles. The van der Waals surface area contributed by atoms with Gasteiger partial charge in [-0.1, -0.05) is 0 Å². The number of amides is 2. The molecule has 2 atom stereocenters. The minimum atomic E-state index is -0.810. The number of carboxylic acids is 1. The van der Waals surface area contributed by atoms with Crippen molar-refractivity contribution in [2.24, 2.45) is 11.3 Å². The second-order valence-electron chi connectivity index (χ2n) is 5.97. The van der Waals surface area contributed by atoms with E-state index in [4.69, 9.17) is 0 Å². The number of hydrogen-bond donors (Lipinski definition) is 2. The van der Waals surface area contributed by atoms with Gasteiger partial charge in [0.25, 0.3) is 0 Å². The molecule has 1 aliphatic heterocycles. The molecule has 102 valence electrons. The van der Waals surface area contributed by atoms with Gasteiger partial charge in [0.15, 0.2) is 0 Å².